The predicted molar refractivity (Wildman–Crippen MR) is 105 cm³/mol. The molecule has 1 aromatic heterocycles. The minimum Gasteiger partial charge on any atom is -0.466 e. The summed E-state index contributed by atoms with van der Waals surface area (Å²) < 4.78 is 14.7. The van der Waals surface area contributed by atoms with Gasteiger partial charge in [0.15, 0.2) is 0 Å². The molecule has 9 heteroatoms. The highest BCUT2D eigenvalue weighted by atomic mass is 35.5. The maximum absolute atomic E-state index is 12.4. The third-order valence-corrected chi connectivity index (χ3v) is 4.81. The number of rotatable bonds is 4. The summed E-state index contributed by atoms with van der Waals surface area (Å²) in [6, 6.07) is 1.45. The van der Waals surface area contributed by atoms with Crippen LogP contribution in [0.2, 0.25) is 5.02 Å². The summed E-state index contributed by atoms with van der Waals surface area (Å²) in [6.45, 7) is 4.89. The largest absolute Gasteiger partial charge is 0.466 e. The van der Waals surface area contributed by atoms with Crippen molar-refractivity contribution in [3.05, 3.63) is 61.4 Å². The number of allylic oxidation sites excluding steroid dienone is 3. The molecule has 0 bridgehead atoms. The van der Waals surface area contributed by atoms with Gasteiger partial charge in [-0.3, -0.25) is 0 Å². The van der Waals surface area contributed by atoms with Crippen molar-refractivity contribution in [3.63, 3.8) is 0 Å². The highest BCUT2D eigenvalue weighted by molar-refractivity contribution is 6.50. The van der Waals surface area contributed by atoms with E-state index in [1.165, 1.54) is 26.4 Å². The predicted octanol–water partition coefficient (Wildman–Crippen LogP) is 3.29. The number of hydrogen-bond donors (Lipinski definition) is 1. The Kier molecular flexibility index (Phi) is 6.74. The molecule has 0 saturated carbocycles. The number of carbonyl (C=O) groups is 2. The zero-order valence-electron chi connectivity index (χ0n) is 15.9. The summed E-state index contributed by atoms with van der Waals surface area (Å²) in [5.74, 6) is -1.93. The molecule has 0 saturated heterocycles. The normalized spacial score (nSPS) is 15.5. The minimum absolute atomic E-state index is 0.0730. The van der Waals surface area contributed by atoms with Crippen LogP contribution in [0.1, 0.15) is 25.2 Å². The smallest absolute Gasteiger partial charge is 0.346 e. The van der Waals surface area contributed by atoms with Gasteiger partial charge in [0.1, 0.15) is 5.76 Å². The van der Waals surface area contributed by atoms with Gasteiger partial charge in [-0.2, -0.15) is 0 Å². The molecule has 1 aromatic rings. The Balaban J connectivity index is 2.72. The van der Waals surface area contributed by atoms with Gasteiger partial charge >= 0.3 is 17.6 Å². The third-order valence-electron chi connectivity index (χ3n) is 4.19. The van der Waals surface area contributed by atoms with Crippen molar-refractivity contribution < 1.29 is 23.5 Å². The Morgan fingerprint density at radius 1 is 1.11 bits per heavy atom. The van der Waals surface area contributed by atoms with Crippen LogP contribution in [0.4, 0.5) is 0 Å². The fraction of sp³-hybridized carbons (Fsp3) is 0.316. The molecular formula is C19H19Cl2NO6. The molecule has 1 N–H and O–H groups in total. The van der Waals surface area contributed by atoms with Crippen LogP contribution in [0, 0.1) is 12.8 Å². The number of methoxy groups -OCH3 is 2. The van der Waals surface area contributed by atoms with Crippen LogP contribution in [-0.2, 0) is 19.1 Å². The molecule has 0 unspecified atom stereocenters. The summed E-state index contributed by atoms with van der Waals surface area (Å²) in [7, 11) is 2.44. The average Bonchev–Trinajstić information content (AvgIpc) is 2.59. The van der Waals surface area contributed by atoms with E-state index >= 15 is 0 Å². The van der Waals surface area contributed by atoms with E-state index in [0.29, 0.717) is 17.2 Å². The first-order chi connectivity index (χ1) is 13.1. The van der Waals surface area contributed by atoms with Crippen LogP contribution in [0.15, 0.2) is 43.9 Å². The zero-order valence-corrected chi connectivity index (χ0v) is 17.4. The molecule has 0 spiro atoms. The molecule has 7 nitrogen and oxygen atoms in total. The van der Waals surface area contributed by atoms with Crippen molar-refractivity contribution in [2.75, 3.05) is 14.2 Å². The summed E-state index contributed by atoms with van der Waals surface area (Å²) in [6.07, 6.45) is 1.38. The standard InChI is InChI=1S/C19H19Cl2NO6/c1-8-6-12(20)16(19(25)28-8)13(21)7-11-14(17(23)26-4)9(2)22-10(3)15(11)18(24)27-5/h6-7,11,22H,1-5H3/b13-7-. The van der Waals surface area contributed by atoms with Crippen molar-refractivity contribution in [2.45, 2.75) is 20.8 Å². The highest BCUT2D eigenvalue weighted by Gasteiger charge is 2.35. The number of carbonyl (C=O) groups excluding carboxylic acids is 2. The molecular weight excluding hydrogens is 409 g/mol. The summed E-state index contributed by atoms with van der Waals surface area (Å²) in [5.41, 5.74) is 0.449. The van der Waals surface area contributed by atoms with E-state index in [2.05, 4.69) is 5.32 Å². The topological polar surface area (TPSA) is 94.8 Å². The van der Waals surface area contributed by atoms with Crippen molar-refractivity contribution in [1.82, 2.24) is 5.32 Å². The second-order valence-electron chi connectivity index (χ2n) is 6.05. The first-order valence-electron chi connectivity index (χ1n) is 8.15. The van der Waals surface area contributed by atoms with E-state index in [4.69, 9.17) is 37.1 Å². The molecule has 0 amide bonds. The molecule has 0 aliphatic carbocycles. The van der Waals surface area contributed by atoms with E-state index in [-0.39, 0.29) is 26.8 Å². The second-order valence-corrected chi connectivity index (χ2v) is 6.86. The summed E-state index contributed by atoms with van der Waals surface area (Å²) in [5, 5.41) is 2.97. The number of halogens is 2. The number of esters is 2. The number of hydrogen-bond acceptors (Lipinski definition) is 7. The molecule has 0 fully saturated rings. The van der Waals surface area contributed by atoms with Crippen LogP contribution in [0.3, 0.4) is 0 Å². The van der Waals surface area contributed by atoms with E-state index in [1.807, 2.05) is 0 Å². The Morgan fingerprint density at radius 3 is 2.04 bits per heavy atom. The maximum atomic E-state index is 12.4. The second kappa shape index (κ2) is 8.67. The van der Waals surface area contributed by atoms with E-state index in [9.17, 15) is 14.4 Å². The SMILES string of the molecule is COC(=O)C1=C(C)NC(C)=C(C(=O)OC)C1/C=C(\Cl)c1c(Cl)cc(C)oc1=O. The van der Waals surface area contributed by atoms with Gasteiger partial charge in [-0.15, -0.1) is 0 Å². The fourth-order valence-corrected chi connectivity index (χ4v) is 3.68. The lowest BCUT2D eigenvalue weighted by molar-refractivity contribution is -0.137. The number of nitrogens with one attached hydrogen (secondary N) is 1. The van der Waals surface area contributed by atoms with Crippen LogP contribution in [0.5, 0.6) is 0 Å². The Labute approximate surface area is 171 Å². The van der Waals surface area contributed by atoms with Crippen LogP contribution < -0.4 is 10.9 Å². The Bertz CT molecular complexity index is 949. The van der Waals surface area contributed by atoms with Gasteiger partial charge in [0.05, 0.1) is 41.0 Å². The quantitative estimate of drug-likeness (QED) is 0.736. The first kappa shape index (κ1) is 21.8. The van der Waals surface area contributed by atoms with Gasteiger partial charge in [0, 0.05) is 17.3 Å². The molecule has 1 aliphatic heterocycles. The van der Waals surface area contributed by atoms with Crippen molar-refractivity contribution in [3.8, 4) is 0 Å². The highest BCUT2D eigenvalue weighted by Crippen LogP contribution is 2.36. The molecule has 0 atom stereocenters. The summed E-state index contributed by atoms with van der Waals surface area (Å²) >= 11 is 12.5. The van der Waals surface area contributed by atoms with E-state index < -0.39 is 23.5 Å². The molecule has 28 heavy (non-hydrogen) atoms. The third kappa shape index (κ3) is 4.15. The molecule has 2 rings (SSSR count). The Morgan fingerprint density at radius 2 is 1.61 bits per heavy atom. The zero-order chi connectivity index (χ0) is 21.2. The molecule has 1 aliphatic rings. The van der Waals surface area contributed by atoms with Crippen LogP contribution >= 0.6 is 23.2 Å². The molecule has 0 radical (unpaired) electrons. The Hall–Kier alpha value is -2.51. The van der Waals surface area contributed by atoms with Gasteiger partial charge in [-0.1, -0.05) is 29.3 Å². The number of aryl methyl sites for hydroxylation is 1. The molecule has 150 valence electrons. The van der Waals surface area contributed by atoms with Crippen molar-refractivity contribution >= 4 is 40.2 Å². The van der Waals surface area contributed by atoms with Crippen molar-refractivity contribution in [2.24, 2.45) is 5.92 Å². The number of dihydropyridines is 1. The molecule has 2 heterocycles. The van der Waals surface area contributed by atoms with E-state index in [0.717, 1.165) is 0 Å². The number of ether oxygens (including phenoxy) is 2. The van der Waals surface area contributed by atoms with Gasteiger partial charge in [0.2, 0.25) is 0 Å². The lowest BCUT2D eigenvalue weighted by Gasteiger charge is -2.28. The van der Waals surface area contributed by atoms with Gasteiger partial charge < -0.3 is 19.2 Å². The van der Waals surface area contributed by atoms with Crippen molar-refractivity contribution in [1.29, 1.82) is 0 Å². The van der Waals surface area contributed by atoms with E-state index in [1.54, 1.807) is 20.8 Å². The van der Waals surface area contributed by atoms with Gasteiger partial charge in [0.25, 0.3) is 0 Å². The lowest BCUT2D eigenvalue weighted by atomic mass is 9.84. The maximum Gasteiger partial charge on any atom is 0.346 e. The monoisotopic (exact) mass is 427 g/mol. The molecule has 0 aromatic carbocycles. The minimum atomic E-state index is -0.926. The van der Waals surface area contributed by atoms with Crippen LogP contribution in [0.25, 0.3) is 5.03 Å². The summed E-state index contributed by atoms with van der Waals surface area (Å²) in [4.78, 5) is 37.0. The van der Waals surface area contributed by atoms with Gasteiger partial charge in [-0.25, -0.2) is 14.4 Å². The van der Waals surface area contributed by atoms with Gasteiger partial charge in [-0.05, 0) is 26.8 Å². The lowest BCUT2D eigenvalue weighted by Crippen LogP contribution is -2.32. The average molecular weight is 428 g/mol. The first-order valence-corrected chi connectivity index (χ1v) is 8.91. The van der Waals surface area contributed by atoms with Crippen LogP contribution in [-0.4, -0.2) is 26.2 Å². The fourth-order valence-electron chi connectivity index (χ4n) is 2.99.